The standard InChI is InChI=1S/C14H14O4/c1-3-18-13(16)9-12(10(2)15)14(17)11-7-5-4-6-8-11/h4-9H,3H2,1-2H3/b12-9-. The molecule has 0 aromatic heterocycles. The van der Waals surface area contributed by atoms with E-state index in [4.69, 9.17) is 0 Å². The summed E-state index contributed by atoms with van der Waals surface area (Å²) in [5.74, 6) is -1.62. The predicted molar refractivity (Wildman–Crippen MR) is 66.2 cm³/mol. The maximum absolute atomic E-state index is 12.0. The first kappa shape index (κ1) is 13.8. The van der Waals surface area contributed by atoms with E-state index >= 15 is 0 Å². The number of carbonyl (C=O) groups excluding carboxylic acids is 3. The number of esters is 1. The number of ketones is 2. The summed E-state index contributed by atoms with van der Waals surface area (Å²) in [6.07, 6.45) is 0.946. The third-order valence-electron chi connectivity index (χ3n) is 2.21. The van der Waals surface area contributed by atoms with E-state index in [1.165, 1.54) is 6.92 Å². The highest BCUT2D eigenvalue weighted by molar-refractivity contribution is 6.27. The molecule has 0 N–H and O–H groups in total. The van der Waals surface area contributed by atoms with Crippen LogP contribution in [0.5, 0.6) is 0 Å². The summed E-state index contributed by atoms with van der Waals surface area (Å²) in [7, 11) is 0. The van der Waals surface area contributed by atoms with Crippen LogP contribution in [0.15, 0.2) is 42.0 Å². The highest BCUT2D eigenvalue weighted by Gasteiger charge is 2.18. The Morgan fingerprint density at radius 2 is 1.78 bits per heavy atom. The van der Waals surface area contributed by atoms with Gasteiger partial charge in [0.25, 0.3) is 0 Å². The molecule has 0 amide bonds. The summed E-state index contributed by atoms with van der Waals surface area (Å²) < 4.78 is 4.69. The fourth-order valence-electron chi connectivity index (χ4n) is 1.37. The lowest BCUT2D eigenvalue weighted by Crippen LogP contribution is -2.13. The van der Waals surface area contributed by atoms with Crippen LogP contribution in [-0.2, 0) is 14.3 Å². The summed E-state index contributed by atoms with van der Waals surface area (Å²) in [6, 6.07) is 8.32. The minimum atomic E-state index is -0.688. The molecule has 0 aliphatic rings. The lowest BCUT2D eigenvalue weighted by atomic mass is 10.0. The summed E-state index contributed by atoms with van der Waals surface area (Å²) in [5, 5.41) is 0. The number of hydrogen-bond acceptors (Lipinski definition) is 4. The average molecular weight is 246 g/mol. The van der Waals surface area contributed by atoms with Crippen LogP contribution in [0.2, 0.25) is 0 Å². The van der Waals surface area contributed by atoms with Crippen molar-refractivity contribution in [2.45, 2.75) is 13.8 Å². The van der Waals surface area contributed by atoms with Crippen molar-refractivity contribution < 1.29 is 19.1 Å². The Hall–Kier alpha value is -2.23. The van der Waals surface area contributed by atoms with E-state index < -0.39 is 17.5 Å². The zero-order valence-corrected chi connectivity index (χ0v) is 10.3. The summed E-state index contributed by atoms with van der Waals surface area (Å²) in [5.41, 5.74) is 0.197. The first-order valence-electron chi connectivity index (χ1n) is 5.55. The van der Waals surface area contributed by atoms with E-state index in [0.29, 0.717) is 5.56 Å². The van der Waals surface area contributed by atoms with Crippen LogP contribution < -0.4 is 0 Å². The zero-order chi connectivity index (χ0) is 13.5. The Balaban J connectivity index is 3.04. The Labute approximate surface area is 105 Å². The van der Waals surface area contributed by atoms with E-state index in [9.17, 15) is 14.4 Å². The van der Waals surface area contributed by atoms with Crippen LogP contribution in [0.4, 0.5) is 0 Å². The first-order valence-corrected chi connectivity index (χ1v) is 5.55. The molecule has 1 aromatic rings. The maximum Gasteiger partial charge on any atom is 0.331 e. The van der Waals surface area contributed by atoms with Crippen LogP contribution in [0.1, 0.15) is 24.2 Å². The molecular formula is C14H14O4. The molecule has 0 radical (unpaired) electrons. The Kier molecular flexibility index (Phi) is 4.99. The van der Waals surface area contributed by atoms with Gasteiger partial charge >= 0.3 is 5.97 Å². The van der Waals surface area contributed by atoms with Gasteiger partial charge in [0.15, 0.2) is 11.6 Å². The lowest BCUT2D eigenvalue weighted by Gasteiger charge is -2.03. The number of Topliss-reactive ketones (excluding diaryl/α,β-unsaturated/α-hetero) is 2. The van der Waals surface area contributed by atoms with Gasteiger partial charge in [-0.25, -0.2) is 4.79 Å². The van der Waals surface area contributed by atoms with Gasteiger partial charge in [0, 0.05) is 11.6 Å². The molecule has 4 heteroatoms. The molecule has 0 saturated carbocycles. The second-order valence-electron chi connectivity index (χ2n) is 3.56. The molecule has 0 fully saturated rings. The van der Waals surface area contributed by atoms with Crippen molar-refractivity contribution in [2.24, 2.45) is 0 Å². The van der Waals surface area contributed by atoms with Gasteiger partial charge in [0.2, 0.25) is 0 Å². The fourth-order valence-corrected chi connectivity index (χ4v) is 1.37. The van der Waals surface area contributed by atoms with Crippen LogP contribution in [0.3, 0.4) is 0 Å². The second kappa shape index (κ2) is 6.49. The van der Waals surface area contributed by atoms with E-state index in [-0.39, 0.29) is 12.2 Å². The normalized spacial score (nSPS) is 10.9. The largest absolute Gasteiger partial charge is 0.463 e. The molecule has 1 rings (SSSR count). The molecule has 18 heavy (non-hydrogen) atoms. The molecular weight excluding hydrogens is 232 g/mol. The van der Waals surface area contributed by atoms with Gasteiger partial charge in [0.1, 0.15) is 0 Å². The molecule has 0 bridgehead atoms. The first-order chi connectivity index (χ1) is 8.56. The van der Waals surface area contributed by atoms with E-state index in [1.54, 1.807) is 37.3 Å². The molecule has 0 aliphatic heterocycles. The van der Waals surface area contributed by atoms with Gasteiger partial charge in [0.05, 0.1) is 12.2 Å². The monoisotopic (exact) mass is 246 g/mol. The maximum atomic E-state index is 12.0. The van der Waals surface area contributed by atoms with Crippen LogP contribution >= 0.6 is 0 Å². The Bertz CT molecular complexity index is 486. The third kappa shape index (κ3) is 3.66. The smallest absolute Gasteiger partial charge is 0.331 e. The van der Waals surface area contributed by atoms with Crippen LogP contribution in [0.25, 0.3) is 0 Å². The number of ether oxygens (including phenoxy) is 1. The minimum absolute atomic E-state index is 0.167. The summed E-state index contributed by atoms with van der Waals surface area (Å²) in [6.45, 7) is 3.09. The van der Waals surface area contributed by atoms with E-state index in [2.05, 4.69) is 4.74 Å². The predicted octanol–water partition coefficient (Wildman–Crippen LogP) is 1.95. The van der Waals surface area contributed by atoms with Crippen LogP contribution in [0, 0.1) is 0 Å². The molecule has 0 atom stereocenters. The number of hydrogen-bond donors (Lipinski definition) is 0. The van der Waals surface area contributed by atoms with Crippen molar-refractivity contribution in [3.8, 4) is 0 Å². The highest BCUT2D eigenvalue weighted by Crippen LogP contribution is 2.09. The topological polar surface area (TPSA) is 60.4 Å². The van der Waals surface area contributed by atoms with Gasteiger partial charge in [-0.2, -0.15) is 0 Å². The minimum Gasteiger partial charge on any atom is -0.463 e. The van der Waals surface area contributed by atoms with Gasteiger partial charge in [-0.05, 0) is 13.8 Å². The molecule has 0 spiro atoms. The van der Waals surface area contributed by atoms with Gasteiger partial charge < -0.3 is 4.74 Å². The van der Waals surface area contributed by atoms with Crippen molar-refractivity contribution in [2.75, 3.05) is 6.61 Å². The van der Waals surface area contributed by atoms with E-state index in [0.717, 1.165) is 6.08 Å². The zero-order valence-electron chi connectivity index (χ0n) is 10.3. The van der Waals surface area contributed by atoms with Crippen molar-refractivity contribution in [1.82, 2.24) is 0 Å². The van der Waals surface area contributed by atoms with Gasteiger partial charge in [-0.15, -0.1) is 0 Å². The number of carbonyl (C=O) groups is 3. The van der Waals surface area contributed by atoms with Crippen molar-refractivity contribution in [3.05, 3.63) is 47.5 Å². The van der Waals surface area contributed by atoms with Crippen molar-refractivity contribution in [3.63, 3.8) is 0 Å². The van der Waals surface area contributed by atoms with Gasteiger partial charge in [-0.1, -0.05) is 30.3 Å². The van der Waals surface area contributed by atoms with E-state index in [1.807, 2.05) is 0 Å². The summed E-state index contributed by atoms with van der Waals surface area (Å²) in [4.78, 5) is 34.7. The Morgan fingerprint density at radius 1 is 1.17 bits per heavy atom. The summed E-state index contributed by atoms with van der Waals surface area (Å²) >= 11 is 0. The SMILES string of the molecule is CCOC(=O)/C=C(/C(C)=O)C(=O)c1ccccc1. The molecule has 0 aliphatic carbocycles. The molecule has 0 saturated heterocycles. The lowest BCUT2D eigenvalue weighted by molar-refractivity contribution is -0.137. The quantitative estimate of drug-likeness (QED) is 0.262. The number of benzene rings is 1. The van der Waals surface area contributed by atoms with Gasteiger partial charge in [-0.3, -0.25) is 9.59 Å². The van der Waals surface area contributed by atoms with Crippen molar-refractivity contribution >= 4 is 17.5 Å². The average Bonchev–Trinajstić information content (AvgIpc) is 2.36. The number of rotatable bonds is 5. The van der Waals surface area contributed by atoms with Crippen LogP contribution in [-0.4, -0.2) is 24.1 Å². The molecule has 1 aromatic carbocycles. The Morgan fingerprint density at radius 3 is 2.28 bits per heavy atom. The second-order valence-corrected chi connectivity index (χ2v) is 3.56. The third-order valence-corrected chi connectivity index (χ3v) is 2.21. The van der Waals surface area contributed by atoms with Crippen molar-refractivity contribution in [1.29, 1.82) is 0 Å². The molecule has 4 nitrogen and oxygen atoms in total. The molecule has 0 unspecified atom stereocenters. The molecule has 94 valence electrons. The molecule has 0 heterocycles. The number of allylic oxidation sites excluding steroid dienone is 1. The fraction of sp³-hybridized carbons (Fsp3) is 0.214. The highest BCUT2D eigenvalue weighted by atomic mass is 16.5.